The molecule has 0 aromatic rings. The van der Waals surface area contributed by atoms with E-state index in [1.165, 1.54) is 0 Å². The molecular weight excluding hydrogens is 228 g/mol. The molecule has 0 aromatic carbocycles. The zero-order valence-corrected chi connectivity index (χ0v) is 11.2. The van der Waals surface area contributed by atoms with Gasteiger partial charge in [0.05, 0.1) is 12.0 Å². The lowest BCUT2D eigenvalue weighted by Crippen LogP contribution is -2.44. The van der Waals surface area contributed by atoms with Crippen LogP contribution in [0.15, 0.2) is 0 Å². The van der Waals surface area contributed by atoms with Crippen molar-refractivity contribution < 1.29 is 9.59 Å². The Morgan fingerprint density at radius 1 is 1.25 bits per heavy atom. The van der Waals surface area contributed by atoms with Crippen LogP contribution in [-0.4, -0.2) is 42.2 Å². The molecule has 0 saturated carbocycles. The largest absolute Gasteiger partial charge is 0.347 e. The van der Waals surface area contributed by atoms with Gasteiger partial charge >= 0.3 is 0 Å². The molecule has 0 rings (SSSR count). The summed E-state index contributed by atoms with van der Waals surface area (Å²) in [6.45, 7) is 8.67. The van der Waals surface area contributed by atoms with E-state index in [1.54, 1.807) is 18.7 Å². The first-order valence-electron chi connectivity index (χ1n) is 5.51. The average Bonchev–Trinajstić information content (AvgIpc) is 2.27. The minimum atomic E-state index is -0.634. The third-order valence-corrected chi connectivity index (χ3v) is 3.13. The van der Waals surface area contributed by atoms with Crippen LogP contribution < -0.4 is 5.32 Å². The zero-order valence-electron chi connectivity index (χ0n) is 10.5. The maximum atomic E-state index is 11.6. The Morgan fingerprint density at radius 3 is 2.12 bits per heavy atom. The molecule has 0 aliphatic carbocycles. The van der Waals surface area contributed by atoms with E-state index in [2.05, 4.69) is 5.32 Å². The summed E-state index contributed by atoms with van der Waals surface area (Å²) in [5, 5.41) is 2.61. The van der Waals surface area contributed by atoms with Crippen LogP contribution in [0, 0.1) is 5.41 Å². The van der Waals surface area contributed by atoms with Crippen LogP contribution in [0.25, 0.3) is 0 Å². The van der Waals surface area contributed by atoms with Gasteiger partial charge in [-0.2, -0.15) is 0 Å². The number of nitrogens with one attached hydrogen (secondary N) is 1. The quantitative estimate of drug-likeness (QED) is 0.719. The minimum absolute atomic E-state index is 0.0425. The van der Waals surface area contributed by atoms with Gasteiger partial charge in [0.2, 0.25) is 11.8 Å². The summed E-state index contributed by atoms with van der Waals surface area (Å²) in [7, 11) is 0. The van der Waals surface area contributed by atoms with E-state index in [-0.39, 0.29) is 24.2 Å². The van der Waals surface area contributed by atoms with Crippen molar-refractivity contribution in [1.29, 1.82) is 0 Å². The summed E-state index contributed by atoms with van der Waals surface area (Å²) < 4.78 is 0. The van der Waals surface area contributed by atoms with Gasteiger partial charge in [0, 0.05) is 19.0 Å². The molecule has 4 nitrogen and oxygen atoms in total. The highest BCUT2D eigenvalue weighted by Gasteiger charge is 2.26. The second-order valence-corrected chi connectivity index (χ2v) is 4.53. The number of rotatable bonds is 6. The van der Waals surface area contributed by atoms with Gasteiger partial charge in [-0.15, -0.1) is 11.6 Å². The second kappa shape index (κ2) is 6.74. The summed E-state index contributed by atoms with van der Waals surface area (Å²) in [4.78, 5) is 24.9. The summed E-state index contributed by atoms with van der Waals surface area (Å²) in [5.74, 6) is -0.0232. The predicted octanol–water partition coefficient (Wildman–Crippen LogP) is 1.24. The third kappa shape index (κ3) is 4.39. The Morgan fingerprint density at radius 2 is 1.75 bits per heavy atom. The fourth-order valence-electron chi connectivity index (χ4n) is 1.14. The molecule has 2 amide bonds. The van der Waals surface area contributed by atoms with Gasteiger partial charge in [0.1, 0.15) is 0 Å². The van der Waals surface area contributed by atoms with Crippen molar-refractivity contribution in [2.24, 2.45) is 5.41 Å². The first kappa shape index (κ1) is 15.2. The maximum absolute atomic E-state index is 11.6. The van der Waals surface area contributed by atoms with Crippen LogP contribution >= 0.6 is 11.6 Å². The van der Waals surface area contributed by atoms with Gasteiger partial charge in [-0.25, -0.2) is 0 Å². The molecule has 0 aliphatic heterocycles. The number of alkyl halides is 1. The van der Waals surface area contributed by atoms with Crippen molar-refractivity contribution in [2.75, 3.05) is 25.5 Å². The van der Waals surface area contributed by atoms with Gasteiger partial charge in [-0.05, 0) is 27.7 Å². The van der Waals surface area contributed by atoms with Crippen molar-refractivity contribution >= 4 is 23.4 Å². The third-order valence-electron chi connectivity index (χ3n) is 2.47. The fraction of sp³-hybridized carbons (Fsp3) is 0.818. The summed E-state index contributed by atoms with van der Waals surface area (Å²) in [6, 6.07) is 0. The summed E-state index contributed by atoms with van der Waals surface area (Å²) in [6.07, 6.45) is 0. The number of carbonyl (C=O) groups excluding carboxylic acids is 2. The summed E-state index contributed by atoms with van der Waals surface area (Å²) in [5.41, 5.74) is -0.634. The zero-order chi connectivity index (χ0) is 12.8. The van der Waals surface area contributed by atoms with E-state index in [9.17, 15) is 9.59 Å². The molecule has 0 unspecified atom stereocenters. The molecule has 0 heterocycles. The molecular formula is C11H21ClN2O2. The molecule has 5 heteroatoms. The van der Waals surface area contributed by atoms with Crippen LogP contribution in [0.3, 0.4) is 0 Å². The SMILES string of the molecule is CCN(CC)C(=O)CNC(=O)C(C)(C)CCl. The van der Waals surface area contributed by atoms with Gasteiger partial charge < -0.3 is 10.2 Å². The molecule has 16 heavy (non-hydrogen) atoms. The smallest absolute Gasteiger partial charge is 0.241 e. The van der Waals surface area contributed by atoms with Gasteiger partial charge in [0.15, 0.2) is 0 Å². The van der Waals surface area contributed by atoms with Crippen molar-refractivity contribution in [2.45, 2.75) is 27.7 Å². The van der Waals surface area contributed by atoms with Crippen LogP contribution in [-0.2, 0) is 9.59 Å². The Labute approximate surface area is 102 Å². The molecule has 0 saturated heterocycles. The lowest BCUT2D eigenvalue weighted by atomic mass is 9.95. The summed E-state index contributed by atoms with van der Waals surface area (Å²) >= 11 is 5.66. The highest BCUT2D eigenvalue weighted by Crippen LogP contribution is 2.16. The highest BCUT2D eigenvalue weighted by molar-refractivity contribution is 6.19. The fourth-order valence-corrected chi connectivity index (χ4v) is 1.27. The number of amides is 2. The molecule has 94 valence electrons. The van der Waals surface area contributed by atoms with Gasteiger partial charge in [-0.1, -0.05) is 0 Å². The molecule has 0 bridgehead atoms. The van der Waals surface area contributed by atoms with Gasteiger partial charge in [-0.3, -0.25) is 9.59 Å². The van der Waals surface area contributed by atoms with E-state index in [0.29, 0.717) is 13.1 Å². The molecule has 0 aliphatic rings. The van der Waals surface area contributed by atoms with Crippen molar-refractivity contribution in [3.63, 3.8) is 0 Å². The first-order chi connectivity index (χ1) is 7.38. The number of hydrogen-bond donors (Lipinski definition) is 1. The Balaban J connectivity index is 4.16. The van der Waals surface area contributed by atoms with E-state index in [1.807, 2.05) is 13.8 Å². The van der Waals surface area contributed by atoms with E-state index in [0.717, 1.165) is 0 Å². The standard InChI is InChI=1S/C11H21ClN2O2/c1-5-14(6-2)9(15)7-13-10(16)11(3,4)8-12/h5-8H2,1-4H3,(H,13,16). The topological polar surface area (TPSA) is 49.4 Å². The second-order valence-electron chi connectivity index (χ2n) is 4.27. The molecule has 0 fully saturated rings. The molecule has 0 spiro atoms. The Hall–Kier alpha value is -0.770. The Bertz CT molecular complexity index is 250. The van der Waals surface area contributed by atoms with Crippen LogP contribution in [0.1, 0.15) is 27.7 Å². The molecule has 0 aromatic heterocycles. The normalized spacial score (nSPS) is 11.1. The lowest BCUT2D eigenvalue weighted by molar-refractivity contribution is -0.134. The first-order valence-corrected chi connectivity index (χ1v) is 6.04. The van der Waals surface area contributed by atoms with Crippen molar-refractivity contribution in [1.82, 2.24) is 10.2 Å². The van der Waals surface area contributed by atoms with E-state index in [4.69, 9.17) is 11.6 Å². The number of nitrogens with zero attached hydrogens (tertiary/aromatic N) is 1. The molecule has 1 N–H and O–H groups in total. The van der Waals surface area contributed by atoms with Crippen molar-refractivity contribution in [3.05, 3.63) is 0 Å². The minimum Gasteiger partial charge on any atom is -0.347 e. The molecule has 0 atom stereocenters. The van der Waals surface area contributed by atoms with E-state index < -0.39 is 5.41 Å². The van der Waals surface area contributed by atoms with E-state index >= 15 is 0 Å². The number of likely N-dealkylation sites (N-methyl/N-ethyl adjacent to an activating group) is 1. The van der Waals surface area contributed by atoms with Gasteiger partial charge in [0.25, 0.3) is 0 Å². The predicted molar refractivity (Wildman–Crippen MR) is 65.4 cm³/mol. The number of halogens is 1. The van der Waals surface area contributed by atoms with Crippen LogP contribution in [0.5, 0.6) is 0 Å². The van der Waals surface area contributed by atoms with Crippen molar-refractivity contribution in [3.8, 4) is 0 Å². The average molecular weight is 249 g/mol. The maximum Gasteiger partial charge on any atom is 0.241 e. The molecule has 0 radical (unpaired) electrons. The Kier molecular flexibility index (Phi) is 6.41. The number of carbonyl (C=O) groups is 2. The highest BCUT2D eigenvalue weighted by atomic mass is 35.5. The number of hydrogen-bond acceptors (Lipinski definition) is 2. The van der Waals surface area contributed by atoms with Crippen LogP contribution in [0.4, 0.5) is 0 Å². The van der Waals surface area contributed by atoms with Crippen LogP contribution in [0.2, 0.25) is 0 Å². The lowest BCUT2D eigenvalue weighted by Gasteiger charge is -2.22. The monoisotopic (exact) mass is 248 g/mol.